The van der Waals surface area contributed by atoms with Gasteiger partial charge in [0.1, 0.15) is 0 Å². The summed E-state index contributed by atoms with van der Waals surface area (Å²) in [7, 11) is 0. The van der Waals surface area contributed by atoms with Crippen molar-refractivity contribution in [3.8, 4) is 0 Å². The molecule has 2 rings (SSSR count). The fraction of sp³-hybridized carbons (Fsp3) is 0.429. The maximum atomic E-state index is 12.9. The predicted molar refractivity (Wildman–Crippen MR) is 63.9 cm³/mol. The number of carbonyl (C=O) groups is 2. The molecule has 0 N–H and O–H groups in total. The lowest BCUT2D eigenvalue weighted by Gasteiger charge is -2.04. The summed E-state index contributed by atoms with van der Waals surface area (Å²) in [6, 6.07) is 7.68. The number of ether oxygens (including phenoxy) is 1. The minimum atomic E-state index is -4.58. The Labute approximate surface area is 113 Å². The van der Waals surface area contributed by atoms with Crippen molar-refractivity contribution in [2.75, 3.05) is 6.61 Å². The van der Waals surface area contributed by atoms with Crippen LogP contribution in [0.25, 0.3) is 0 Å². The third-order valence-electron chi connectivity index (χ3n) is 3.32. The zero-order valence-electron chi connectivity index (χ0n) is 10.7. The summed E-state index contributed by atoms with van der Waals surface area (Å²) in [6.07, 6.45) is -4.58. The van der Waals surface area contributed by atoms with Gasteiger partial charge in [0.2, 0.25) is 0 Å². The van der Waals surface area contributed by atoms with E-state index >= 15 is 0 Å². The minimum absolute atomic E-state index is 0.00778. The number of carbonyl (C=O) groups excluding carboxylic acids is 2. The highest BCUT2D eigenvalue weighted by Crippen LogP contribution is 2.57. The highest BCUT2D eigenvalue weighted by Gasteiger charge is 2.70. The van der Waals surface area contributed by atoms with E-state index in [1.165, 1.54) is 19.1 Å². The van der Waals surface area contributed by atoms with Gasteiger partial charge in [0, 0.05) is 11.5 Å². The zero-order chi connectivity index (χ0) is 14.9. The Morgan fingerprint density at radius 3 is 2.25 bits per heavy atom. The summed E-state index contributed by atoms with van der Waals surface area (Å²) < 4.78 is 43.2. The van der Waals surface area contributed by atoms with Crippen LogP contribution in [0.2, 0.25) is 0 Å². The molecule has 20 heavy (non-hydrogen) atoms. The van der Waals surface area contributed by atoms with Crippen LogP contribution in [0.1, 0.15) is 17.3 Å². The number of alkyl halides is 3. The number of benzene rings is 1. The number of esters is 1. The van der Waals surface area contributed by atoms with Gasteiger partial charge in [0.25, 0.3) is 0 Å². The van der Waals surface area contributed by atoms with Crippen molar-refractivity contribution >= 4 is 11.8 Å². The molecule has 6 heteroatoms. The van der Waals surface area contributed by atoms with Gasteiger partial charge in [-0.05, 0) is 6.92 Å². The fourth-order valence-electron chi connectivity index (χ4n) is 2.37. The standard InChI is InChI=1S/C14H13F3O3/c1-2-20-13(19)10-9(11(10)14(15,16)17)12(18)8-6-4-3-5-7-8/h3-7,9-11H,2H2,1H3/t9-,10+,11+/m1/s1. The van der Waals surface area contributed by atoms with Gasteiger partial charge in [-0.25, -0.2) is 0 Å². The highest BCUT2D eigenvalue weighted by atomic mass is 19.4. The van der Waals surface area contributed by atoms with Gasteiger partial charge in [-0.15, -0.1) is 0 Å². The molecule has 0 bridgehead atoms. The summed E-state index contributed by atoms with van der Waals surface area (Å²) in [5.41, 5.74) is 0.179. The fourth-order valence-corrected chi connectivity index (χ4v) is 2.37. The molecule has 0 aromatic heterocycles. The number of hydrogen-bond acceptors (Lipinski definition) is 3. The molecule has 0 saturated heterocycles. The maximum absolute atomic E-state index is 12.9. The van der Waals surface area contributed by atoms with Crippen LogP contribution in [0.5, 0.6) is 0 Å². The van der Waals surface area contributed by atoms with Crippen LogP contribution < -0.4 is 0 Å². The first-order chi connectivity index (χ1) is 9.38. The van der Waals surface area contributed by atoms with Crippen LogP contribution >= 0.6 is 0 Å². The molecular weight excluding hydrogens is 273 g/mol. The number of rotatable bonds is 4. The Morgan fingerprint density at radius 1 is 1.15 bits per heavy atom. The van der Waals surface area contributed by atoms with Crippen molar-refractivity contribution in [2.24, 2.45) is 17.8 Å². The van der Waals surface area contributed by atoms with Crippen molar-refractivity contribution < 1.29 is 27.5 Å². The van der Waals surface area contributed by atoms with Crippen LogP contribution in [0.3, 0.4) is 0 Å². The first-order valence-electron chi connectivity index (χ1n) is 6.20. The largest absolute Gasteiger partial charge is 0.466 e. The molecule has 3 nitrogen and oxygen atoms in total. The molecule has 1 aliphatic carbocycles. The van der Waals surface area contributed by atoms with Crippen LogP contribution in [0, 0.1) is 17.8 Å². The SMILES string of the molecule is CCOC(=O)[C@H]1[C@@H](C(=O)c2ccccc2)[C@@H]1C(F)(F)F. The monoisotopic (exact) mass is 286 g/mol. The van der Waals surface area contributed by atoms with E-state index in [0.29, 0.717) is 0 Å². The van der Waals surface area contributed by atoms with Gasteiger partial charge in [-0.2, -0.15) is 13.2 Å². The molecule has 0 amide bonds. The van der Waals surface area contributed by atoms with Gasteiger partial charge >= 0.3 is 12.1 Å². The van der Waals surface area contributed by atoms with E-state index < -0.39 is 35.7 Å². The summed E-state index contributed by atoms with van der Waals surface area (Å²) in [5, 5.41) is 0. The van der Waals surface area contributed by atoms with Gasteiger partial charge < -0.3 is 4.74 Å². The molecule has 0 radical (unpaired) electrons. The van der Waals surface area contributed by atoms with Gasteiger partial charge in [0.15, 0.2) is 5.78 Å². The Kier molecular flexibility index (Phi) is 3.83. The van der Waals surface area contributed by atoms with E-state index in [4.69, 9.17) is 0 Å². The molecule has 0 unspecified atom stereocenters. The van der Waals surface area contributed by atoms with E-state index in [1.807, 2.05) is 0 Å². The van der Waals surface area contributed by atoms with E-state index in [2.05, 4.69) is 4.74 Å². The third-order valence-corrected chi connectivity index (χ3v) is 3.32. The Hall–Kier alpha value is -1.85. The molecule has 0 aliphatic heterocycles. The van der Waals surface area contributed by atoms with Crippen LogP contribution in [-0.4, -0.2) is 24.5 Å². The Morgan fingerprint density at radius 2 is 1.75 bits per heavy atom. The molecule has 108 valence electrons. The van der Waals surface area contributed by atoms with E-state index in [-0.39, 0.29) is 12.2 Å². The number of Topliss-reactive ketones (excluding diaryl/α,β-unsaturated/α-hetero) is 1. The van der Waals surface area contributed by atoms with Crippen molar-refractivity contribution in [2.45, 2.75) is 13.1 Å². The quantitative estimate of drug-likeness (QED) is 0.631. The summed E-state index contributed by atoms with van der Waals surface area (Å²) in [6.45, 7) is 1.50. The van der Waals surface area contributed by atoms with Crippen LogP contribution in [0.15, 0.2) is 30.3 Å². The number of hydrogen-bond donors (Lipinski definition) is 0. The van der Waals surface area contributed by atoms with Crippen molar-refractivity contribution in [3.05, 3.63) is 35.9 Å². The third kappa shape index (κ3) is 2.69. The van der Waals surface area contributed by atoms with E-state index in [0.717, 1.165) is 0 Å². The van der Waals surface area contributed by atoms with Crippen molar-refractivity contribution in [1.82, 2.24) is 0 Å². The molecule has 3 atom stereocenters. The molecule has 1 aromatic carbocycles. The second kappa shape index (κ2) is 5.26. The lowest BCUT2D eigenvalue weighted by Crippen LogP contribution is -2.17. The minimum Gasteiger partial charge on any atom is -0.466 e. The highest BCUT2D eigenvalue weighted by molar-refractivity contribution is 6.03. The lowest BCUT2D eigenvalue weighted by atomic mass is 10.1. The second-order valence-corrected chi connectivity index (χ2v) is 4.60. The first kappa shape index (κ1) is 14.6. The second-order valence-electron chi connectivity index (χ2n) is 4.60. The van der Waals surface area contributed by atoms with Gasteiger partial charge in [0.05, 0.1) is 18.4 Å². The Balaban J connectivity index is 2.21. The summed E-state index contributed by atoms with van der Waals surface area (Å²) in [5.74, 6) is -6.33. The van der Waals surface area contributed by atoms with Gasteiger partial charge in [-0.3, -0.25) is 9.59 Å². The topological polar surface area (TPSA) is 43.4 Å². The molecule has 0 heterocycles. The molecule has 1 fully saturated rings. The van der Waals surface area contributed by atoms with Crippen LogP contribution in [-0.2, 0) is 9.53 Å². The van der Waals surface area contributed by atoms with E-state index in [1.54, 1.807) is 18.2 Å². The van der Waals surface area contributed by atoms with Crippen molar-refractivity contribution in [3.63, 3.8) is 0 Å². The predicted octanol–water partition coefficient (Wildman–Crippen LogP) is 2.86. The summed E-state index contributed by atoms with van der Waals surface area (Å²) >= 11 is 0. The molecule has 1 aliphatic rings. The smallest absolute Gasteiger partial charge is 0.393 e. The number of ketones is 1. The molecule has 1 aromatic rings. The van der Waals surface area contributed by atoms with Gasteiger partial charge in [-0.1, -0.05) is 30.3 Å². The van der Waals surface area contributed by atoms with Crippen LogP contribution in [0.4, 0.5) is 13.2 Å². The molecule has 1 saturated carbocycles. The average molecular weight is 286 g/mol. The first-order valence-corrected chi connectivity index (χ1v) is 6.20. The number of halogens is 3. The summed E-state index contributed by atoms with van der Waals surface area (Å²) in [4.78, 5) is 23.6. The lowest BCUT2D eigenvalue weighted by molar-refractivity contribution is -0.163. The molecule has 0 spiro atoms. The zero-order valence-corrected chi connectivity index (χ0v) is 10.7. The van der Waals surface area contributed by atoms with E-state index in [9.17, 15) is 22.8 Å². The average Bonchev–Trinajstić information content (AvgIpc) is 3.14. The maximum Gasteiger partial charge on any atom is 0.393 e. The Bertz CT molecular complexity index is 510. The van der Waals surface area contributed by atoms with Crippen molar-refractivity contribution in [1.29, 1.82) is 0 Å². The molecular formula is C14H13F3O3. The normalized spacial score (nSPS) is 25.1.